The van der Waals surface area contributed by atoms with E-state index >= 15 is 0 Å². The molecule has 0 amide bonds. The summed E-state index contributed by atoms with van der Waals surface area (Å²) in [5.74, 6) is 0.911. The quantitative estimate of drug-likeness (QED) is 0.627. The summed E-state index contributed by atoms with van der Waals surface area (Å²) >= 11 is 2.14. The highest BCUT2D eigenvalue weighted by Crippen LogP contribution is 2.12. The molecule has 0 saturated heterocycles. The molecule has 0 aliphatic heterocycles. The van der Waals surface area contributed by atoms with E-state index < -0.39 is 0 Å². The van der Waals surface area contributed by atoms with Gasteiger partial charge in [0.2, 0.25) is 0 Å². The molecule has 1 heterocycles. The lowest BCUT2D eigenvalue weighted by atomic mass is 10.3. The standard InChI is InChI=1S/C5H6INO/c1-3-4(2)8-7-5(3)6/h1-2H3. The van der Waals surface area contributed by atoms with Crippen molar-refractivity contribution in [2.75, 3.05) is 0 Å². The molecule has 44 valence electrons. The molecular formula is C5H6INO. The Hall–Kier alpha value is -0.0600. The van der Waals surface area contributed by atoms with E-state index in [1.807, 2.05) is 13.8 Å². The second-order valence-corrected chi connectivity index (χ2v) is 2.68. The van der Waals surface area contributed by atoms with Crippen molar-refractivity contribution in [1.82, 2.24) is 5.16 Å². The van der Waals surface area contributed by atoms with Crippen molar-refractivity contribution in [2.45, 2.75) is 13.8 Å². The van der Waals surface area contributed by atoms with E-state index in [0.717, 1.165) is 15.0 Å². The molecule has 2 nitrogen and oxygen atoms in total. The van der Waals surface area contributed by atoms with E-state index in [-0.39, 0.29) is 0 Å². The second-order valence-electron chi connectivity index (χ2n) is 1.65. The Morgan fingerprint density at radius 3 is 2.25 bits per heavy atom. The minimum Gasteiger partial charge on any atom is -0.360 e. The third kappa shape index (κ3) is 0.866. The van der Waals surface area contributed by atoms with Gasteiger partial charge in [-0.2, -0.15) is 0 Å². The third-order valence-corrected chi connectivity index (χ3v) is 2.11. The van der Waals surface area contributed by atoms with Gasteiger partial charge in [0.15, 0.2) is 0 Å². The van der Waals surface area contributed by atoms with Crippen LogP contribution in [0.4, 0.5) is 0 Å². The largest absolute Gasteiger partial charge is 0.360 e. The first-order valence-corrected chi connectivity index (χ1v) is 3.38. The van der Waals surface area contributed by atoms with E-state index in [9.17, 15) is 0 Å². The average Bonchev–Trinajstić information content (AvgIpc) is 1.98. The molecule has 0 bridgehead atoms. The molecule has 0 aliphatic carbocycles. The third-order valence-electron chi connectivity index (χ3n) is 1.10. The van der Waals surface area contributed by atoms with Gasteiger partial charge >= 0.3 is 0 Å². The topological polar surface area (TPSA) is 26.0 Å². The molecule has 0 aliphatic rings. The first-order valence-electron chi connectivity index (χ1n) is 2.30. The van der Waals surface area contributed by atoms with Gasteiger partial charge in [-0.05, 0) is 36.4 Å². The van der Waals surface area contributed by atoms with Crippen molar-refractivity contribution in [1.29, 1.82) is 0 Å². The zero-order chi connectivity index (χ0) is 6.15. The number of aromatic nitrogens is 1. The Labute approximate surface area is 61.4 Å². The summed E-state index contributed by atoms with van der Waals surface area (Å²) in [6, 6.07) is 0. The van der Waals surface area contributed by atoms with E-state index in [0.29, 0.717) is 0 Å². The molecule has 0 fully saturated rings. The molecule has 0 saturated carbocycles. The highest BCUT2D eigenvalue weighted by Gasteiger charge is 2.01. The van der Waals surface area contributed by atoms with Crippen molar-refractivity contribution in [2.24, 2.45) is 0 Å². The second kappa shape index (κ2) is 2.05. The maximum atomic E-state index is 4.84. The predicted molar refractivity (Wildman–Crippen MR) is 38.7 cm³/mol. The highest BCUT2D eigenvalue weighted by atomic mass is 127. The molecule has 1 aromatic rings. The first-order chi connectivity index (χ1) is 3.72. The van der Waals surface area contributed by atoms with Crippen LogP contribution in [0.2, 0.25) is 0 Å². The van der Waals surface area contributed by atoms with Crippen LogP contribution in [0.1, 0.15) is 11.3 Å². The summed E-state index contributed by atoms with van der Waals surface area (Å²) in [6.07, 6.45) is 0. The minimum absolute atomic E-state index is 0.911. The normalized spacial score (nSPS) is 9.88. The first kappa shape index (κ1) is 6.07. The maximum absolute atomic E-state index is 4.84. The number of rotatable bonds is 0. The van der Waals surface area contributed by atoms with Crippen molar-refractivity contribution in [3.8, 4) is 0 Å². The van der Waals surface area contributed by atoms with E-state index in [2.05, 4.69) is 27.7 Å². The summed E-state index contributed by atoms with van der Waals surface area (Å²) in [4.78, 5) is 0. The number of halogens is 1. The minimum atomic E-state index is 0.911. The molecule has 1 aromatic heterocycles. The molecule has 0 aromatic carbocycles. The van der Waals surface area contributed by atoms with Crippen LogP contribution in [0.25, 0.3) is 0 Å². The van der Waals surface area contributed by atoms with Crippen LogP contribution in [-0.2, 0) is 0 Å². The molecule has 0 N–H and O–H groups in total. The monoisotopic (exact) mass is 223 g/mol. The van der Waals surface area contributed by atoms with Gasteiger partial charge in [-0.1, -0.05) is 5.16 Å². The molecule has 8 heavy (non-hydrogen) atoms. The van der Waals surface area contributed by atoms with Gasteiger partial charge in [-0.3, -0.25) is 0 Å². The van der Waals surface area contributed by atoms with Gasteiger partial charge in [0.1, 0.15) is 9.46 Å². The van der Waals surface area contributed by atoms with Crippen molar-refractivity contribution >= 4 is 22.6 Å². The fourth-order valence-corrected chi connectivity index (χ4v) is 0.869. The smallest absolute Gasteiger partial charge is 0.147 e. The lowest BCUT2D eigenvalue weighted by Gasteiger charge is -1.78. The van der Waals surface area contributed by atoms with Crippen molar-refractivity contribution in [3.63, 3.8) is 0 Å². The molecule has 0 unspecified atom stereocenters. The number of nitrogens with zero attached hydrogens (tertiary/aromatic N) is 1. The zero-order valence-corrected chi connectivity index (χ0v) is 6.89. The maximum Gasteiger partial charge on any atom is 0.147 e. The average molecular weight is 223 g/mol. The van der Waals surface area contributed by atoms with Crippen LogP contribution in [0.5, 0.6) is 0 Å². The van der Waals surface area contributed by atoms with Crippen LogP contribution < -0.4 is 0 Å². The van der Waals surface area contributed by atoms with Gasteiger partial charge in [-0.25, -0.2) is 0 Å². The summed E-state index contributed by atoms with van der Waals surface area (Å²) in [5.41, 5.74) is 1.14. The molecule has 1 rings (SSSR count). The summed E-state index contributed by atoms with van der Waals surface area (Å²) in [7, 11) is 0. The number of hydrogen-bond donors (Lipinski definition) is 0. The zero-order valence-electron chi connectivity index (χ0n) is 4.73. The van der Waals surface area contributed by atoms with Gasteiger partial charge < -0.3 is 4.52 Å². The van der Waals surface area contributed by atoms with Gasteiger partial charge in [0.25, 0.3) is 0 Å². The fourth-order valence-electron chi connectivity index (χ4n) is 0.391. The predicted octanol–water partition coefficient (Wildman–Crippen LogP) is 1.90. The molecule has 0 atom stereocenters. The highest BCUT2D eigenvalue weighted by molar-refractivity contribution is 14.1. The lowest BCUT2D eigenvalue weighted by molar-refractivity contribution is 0.392. The lowest BCUT2D eigenvalue weighted by Crippen LogP contribution is -1.72. The molecule has 3 heteroatoms. The molecule has 0 spiro atoms. The van der Waals surface area contributed by atoms with Crippen molar-refractivity contribution in [3.05, 3.63) is 15.0 Å². The van der Waals surface area contributed by atoms with E-state index in [1.165, 1.54) is 0 Å². The van der Waals surface area contributed by atoms with Crippen LogP contribution in [0, 0.1) is 17.5 Å². The van der Waals surface area contributed by atoms with Crippen LogP contribution in [-0.4, -0.2) is 5.16 Å². The van der Waals surface area contributed by atoms with Gasteiger partial charge in [0, 0.05) is 5.56 Å². The molecular weight excluding hydrogens is 217 g/mol. The Kier molecular flexibility index (Phi) is 1.55. The number of aryl methyl sites for hydroxylation is 1. The van der Waals surface area contributed by atoms with E-state index in [1.54, 1.807) is 0 Å². The van der Waals surface area contributed by atoms with Crippen LogP contribution in [0.3, 0.4) is 0 Å². The van der Waals surface area contributed by atoms with Crippen LogP contribution >= 0.6 is 22.6 Å². The Balaban J connectivity index is 3.19. The Morgan fingerprint density at radius 2 is 2.12 bits per heavy atom. The summed E-state index contributed by atoms with van der Waals surface area (Å²) in [5, 5.41) is 3.73. The fraction of sp³-hybridized carbons (Fsp3) is 0.400. The van der Waals surface area contributed by atoms with Crippen LogP contribution in [0.15, 0.2) is 4.52 Å². The Bertz CT molecular complexity index is 175. The SMILES string of the molecule is Cc1onc(I)c1C. The van der Waals surface area contributed by atoms with Crippen molar-refractivity contribution < 1.29 is 4.52 Å². The number of hydrogen-bond acceptors (Lipinski definition) is 2. The van der Waals surface area contributed by atoms with Gasteiger partial charge in [-0.15, -0.1) is 0 Å². The Morgan fingerprint density at radius 1 is 1.50 bits per heavy atom. The van der Waals surface area contributed by atoms with E-state index in [4.69, 9.17) is 4.52 Å². The summed E-state index contributed by atoms with van der Waals surface area (Å²) in [6.45, 7) is 3.90. The van der Waals surface area contributed by atoms with Gasteiger partial charge in [0.05, 0.1) is 0 Å². The molecule has 0 radical (unpaired) electrons. The summed E-state index contributed by atoms with van der Waals surface area (Å²) < 4.78 is 5.80.